The fraction of sp³-hybridized carbons (Fsp3) is 0.400. The molecular formula is C20H26F3IN4O3. The molecule has 0 bridgehead atoms. The first-order chi connectivity index (χ1) is 14.4. The number of aliphatic imine (C=N–C) groups is 1. The van der Waals surface area contributed by atoms with Crippen molar-refractivity contribution < 1.29 is 27.1 Å². The summed E-state index contributed by atoms with van der Waals surface area (Å²) in [5.41, 5.74) is 1.56. The summed E-state index contributed by atoms with van der Waals surface area (Å²) in [6, 6.07) is 10.2. The normalized spacial score (nSPS) is 11.5. The molecule has 0 fully saturated rings. The lowest BCUT2D eigenvalue weighted by Crippen LogP contribution is -2.41. The zero-order chi connectivity index (χ0) is 21.8. The lowest BCUT2D eigenvalue weighted by atomic mass is 10.1. The average molecular weight is 554 g/mol. The Balaban J connectivity index is 0.00000480. The van der Waals surface area contributed by atoms with Gasteiger partial charge in [0.2, 0.25) is 0 Å². The van der Waals surface area contributed by atoms with Gasteiger partial charge in [-0.1, -0.05) is 24.3 Å². The van der Waals surface area contributed by atoms with Gasteiger partial charge in [0, 0.05) is 19.6 Å². The Morgan fingerprint density at radius 3 is 2.35 bits per heavy atom. The topological polar surface area (TPSA) is 87.9 Å². The van der Waals surface area contributed by atoms with E-state index >= 15 is 0 Å². The molecule has 1 amide bonds. The predicted octanol–water partition coefficient (Wildman–Crippen LogP) is 3.46. The molecule has 0 unspecified atom stereocenters. The molecule has 0 spiro atoms. The fourth-order valence-corrected chi connectivity index (χ4v) is 2.39. The molecule has 0 aliphatic carbocycles. The molecule has 0 atom stereocenters. The maximum atomic E-state index is 12.1. The predicted molar refractivity (Wildman–Crippen MR) is 121 cm³/mol. The Labute approximate surface area is 195 Å². The Morgan fingerprint density at radius 2 is 1.74 bits per heavy atom. The Bertz CT molecular complexity index is 797. The van der Waals surface area contributed by atoms with Crippen LogP contribution in [0.5, 0.6) is 0 Å². The number of amides is 1. The first-order valence-corrected chi connectivity index (χ1v) is 9.43. The molecule has 7 nitrogen and oxygen atoms in total. The number of guanidine groups is 1. The average Bonchev–Trinajstić information content (AvgIpc) is 3.24. The lowest BCUT2D eigenvalue weighted by Gasteiger charge is -2.12. The van der Waals surface area contributed by atoms with Gasteiger partial charge in [0.05, 0.1) is 19.4 Å². The summed E-state index contributed by atoms with van der Waals surface area (Å²) in [4.78, 5) is 16.2. The number of hydrogen-bond donors (Lipinski definition) is 3. The van der Waals surface area contributed by atoms with E-state index in [0.29, 0.717) is 37.7 Å². The van der Waals surface area contributed by atoms with Crippen molar-refractivity contribution in [2.24, 2.45) is 4.99 Å². The van der Waals surface area contributed by atoms with Crippen molar-refractivity contribution in [1.82, 2.24) is 16.0 Å². The third kappa shape index (κ3) is 11.1. The number of hydrogen-bond acceptors (Lipinski definition) is 4. The third-order valence-electron chi connectivity index (χ3n) is 3.77. The maximum Gasteiger partial charge on any atom is 0.411 e. The summed E-state index contributed by atoms with van der Waals surface area (Å²) in [6.45, 7) is 2.48. The van der Waals surface area contributed by atoms with Crippen molar-refractivity contribution in [3.8, 4) is 0 Å². The van der Waals surface area contributed by atoms with Crippen molar-refractivity contribution in [2.45, 2.75) is 26.3 Å². The van der Waals surface area contributed by atoms with Crippen LogP contribution < -0.4 is 16.0 Å². The molecule has 0 aliphatic heterocycles. The molecule has 0 saturated heterocycles. The van der Waals surface area contributed by atoms with Crippen molar-refractivity contribution in [3.63, 3.8) is 0 Å². The standard InChI is InChI=1S/C20H25F3N4O3.HI/c1-2-24-19(26-10-9-25-18(28)17-4-3-11-30-17)27-12-15-5-7-16(8-6-15)13-29-14-20(21,22)23;/h3-8,11H,2,9-10,12-14H2,1H3,(H,25,28)(H2,24,26,27);1H. The van der Waals surface area contributed by atoms with Crippen molar-refractivity contribution in [1.29, 1.82) is 0 Å². The fourth-order valence-electron chi connectivity index (χ4n) is 2.39. The van der Waals surface area contributed by atoms with E-state index in [4.69, 9.17) is 4.42 Å². The van der Waals surface area contributed by atoms with Crippen LogP contribution in [0.3, 0.4) is 0 Å². The van der Waals surface area contributed by atoms with Crippen LogP contribution >= 0.6 is 24.0 Å². The van der Waals surface area contributed by atoms with Gasteiger partial charge in [0.15, 0.2) is 11.7 Å². The number of nitrogens with zero attached hydrogens (tertiary/aromatic N) is 1. The highest BCUT2D eigenvalue weighted by atomic mass is 127. The van der Waals surface area contributed by atoms with Crippen molar-refractivity contribution in [3.05, 3.63) is 59.5 Å². The smallest absolute Gasteiger partial charge is 0.411 e. The molecule has 2 aromatic rings. The first-order valence-electron chi connectivity index (χ1n) is 9.43. The van der Waals surface area contributed by atoms with Gasteiger partial charge < -0.3 is 25.1 Å². The monoisotopic (exact) mass is 554 g/mol. The Hall–Kier alpha value is -2.28. The molecule has 172 valence electrons. The Kier molecular flexibility index (Phi) is 12.0. The summed E-state index contributed by atoms with van der Waals surface area (Å²) < 4.78 is 46.0. The van der Waals surface area contributed by atoms with Gasteiger partial charge in [0.1, 0.15) is 6.61 Å². The van der Waals surface area contributed by atoms with Crippen LogP contribution in [0, 0.1) is 0 Å². The SMILES string of the molecule is CCNC(=NCc1ccc(COCC(F)(F)F)cc1)NCCNC(=O)c1ccco1.I. The van der Waals surface area contributed by atoms with Crippen LogP contribution in [0.15, 0.2) is 52.1 Å². The number of carbonyl (C=O) groups excluding carboxylic acids is 1. The summed E-state index contributed by atoms with van der Waals surface area (Å²) in [5, 5.41) is 8.94. The van der Waals surface area contributed by atoms with E-state index in [1.54, 1.807) is 36.4 Å². The molecule has 0 aliphatic rings. The van der Waals surface area contributed by atoms with Crippen LogP contribution in [0.2, 0.25) is 0 Å². The highest BCUT2D eigenvalue weighted by Crippen LogP contribution is 2.16. The van der Waals surface area contributed by atoms with Gasteiger partial charge in [-0.05, 0) is 30.2 Å². The van der Waals surface area contributed by atoms with Crippen molar-refractivity contribution in [2.75, 3.05) is 26.2 Å². The summed E-state index contributed by atoms with van der Waals surface area (Å²) in [6.07, 6.45) is -2.89. The minimum Gasteiger partial charge on any atom is -0.459 e. The molecule has 1 aromatic carbocycles. The molecule has 2 rings (SSSR count). The summed E-state index contributed by atoms with van der Waals surface area (Å²) in [5.74, 6) is 0.549. The molecule has 11 heteroatoms. The molecule has 3 N–H and O–H groups in total. The number of benzene rings is 1. The van der Waals surface area contributed by atoms with E-state index in [9.17, 15) is 18.0 Å². The number of carbonyl (C=O) groups is 1. The zero-order valence-corrected chi connectivity index (χ0v) is 19.3. The van der Waals surface area contributed by atoms with E-state index in [0.717, 1.165) is 5.56 Å². The number of alkyl halides is 3. The number of ether oxygens (including phenoxy) is 1. The second-order valence-electron chi connectivity index (χ2n) is 6.28. The molecule has 0 radical (unpaired) electrons. The number of halogens is 4. The molecule has 1 aromatic heterocycles. The number of rotatable bonds is 10. The van der Waals surface area contributed by atoms with Gasteiger partial charge in [-0.3, -0.25) is 4.79 Å². The van der Waals surface area contributed by atoms with Crippen LogP contribution in [0.1, 0.15) is 28.6 Å². The molecule has 31 heavy (non-hydrogen) atoms. The molecule has 0 saturated carbocycles. The number of nitrogens with one attached hydrogen (secondary N) is 3. The quantitative estimate of drug-likeness (QED) is 0.181. The second-order valence-corrected chi connectivity index (χ2v) is 6.28. The zero-order valence-electron chi connectivity index (χ0n) is 17.0. The Morgan fingerprint density at radius 1 is 1.06 bits per heavy atom. The molecular weight excluding hydrogens is 528 g/mol. The maximum absolute atomic E-state index is 12.1. The lowest BCUT2D eigenvalue weighted by molar-refractivity contribution is -0.176. The highest BCUT2D eigenvalue weighted by Gasteiger charge is 2.27. The third-order valence-corrected chi connectivity index (χ3v) is 3.77. The van der Waals surface area contributed by atoms with Crippen LogP contribution in [-0.4, -0.2) is 44.3 Å². The summed E-state index contributed by atoms with van der Waals surface area (Å²) >= 11 is 0. The van der Waals surface area contributed by atoms with Gasteiger partial charge in [0.25, 0.3) is 5.91 Å². The van der Waals surface area contributed by atoms with E-state index < -0.39 is 12.8 Å². The van der Waals surface area contributed by atoms with Gasteiger partial charge in [-0.15, -0.1) is 24.0 Å². The van der Waals surface area contributed by atoms with Gasteiger partial charge in [-0.25, -0.2) is 4.99 Å². The van der Waals surface area contributed by atoms with Gasteiger partial charge >= 0.3 is 6.18 Å². The van der Waals surface area contributed by atoms with Gasteiger partial charge in [-0.2, -0.15) is 13.2 Å². The van der Waals surface area contributed by atoms with E-state index in [-0.39, 0.29) is 42.3 Å². The van der Waals surface area contributed by atoms with Crippen LogP contribution in [0.25, 0.3) is 0 Å². The second kappa shape index (κ2) is 13.9. The van der Waals surface area contributed by atoms with Crippen LogP contribution in [0.4, 0.5) is 13.2 Å². The minimum atomic E-state index is -4.33. The minimum absolute atomic E-state index is 0. The molecule has 1 heterocycles. The first kappa shape index (κ1) is 26.8. The van der Waals surface area contributed by atoms with E-state index in [2.05, 4.69) is 25.7 Å². The van der Waals surface area contributed by atoms with E-state index in [1.807, 2.05) is 6.92 Å². The largest absolute Gasteiger partial charge is 0.459 e. The highest BCUT2D eigenvalue weighted by molar-refractivity contribution is 14.0. The van der Waals surface area contributed by atoms with Crippen molar-refractivity contribution >= 4 is 35.8 Å². The van der Waals surface area contributed by atoms with Crippen LogP contribution in [-0.2, 0) is 17.9 Å². The summed E-state index contributed by atoms with van der Waals surface area (Å²) in [7, 11) is 0. The van der Waals surface area contributed by atoms with E-state index in [1.165, 1.54) is 6.26 Å². The number of furan rings is 1.